The number of hydrogen-bond donors (Lipinski definition) is 2. The Morgan fingerprint density at radius 2 is 1.95 bits per heavy atom. The molecule has 0 saturated carbocycles. The Bertz CT molecular complexity index is 540. The molecule has 0 spiro atoms. The third-order valence-electron chi connectivity index (χ3n) is 2.43. The summed E-state index contributed by atoms with van der Waals surface area (Å²) in [6, 6.07) is 2.13. The van der Waals surface area contributed by atoms with Gasteiger partial charge in [-0.3, -0.25) is 4.79 Å². The van der Waals surface area contributed by atoms with E-state index in [1.54, 1.807) is 20.8 Å². The molecule has 7 heteroatoms. The third-order valence-corrected chi connectivity index (χ3v) is 2.43. The van der Waals surface area contributed by atoms with E-state index < -0.39 is 41.8 Å². The van der Waals surface area contributed by atoms with Crippen LogP contribution in [0.5, 0.6) is 0 Å². The first-order chi connectivity index (χ1) is 9.60. The average molecular weight is 301 g/mol. The molecule has 1 rings (SSSR count). The summed E-state index contributed by atoms with van der Waals surface area (Å²) < 4.78 is 31.9. The fraction of sp³-hybridized carbons (Fsp3) is 0.429. The monoisotopic (exact) mass is 301 g/mol. The maximum absolute atomic E-state index is 13.7. The fourth-order valence-corrected chi connectivity index (χ4v) is 1.65. The normalized spacial score (nSPS) is 12.6. The van der Waals surface area contributed by atoms with Crippen LogP contribution in [0.4, 0.5) is 13.6 Å². The summed E-state index contributed by atoms with van der Waals surface area (Å²) in [5.41, 5.74) is -1.04. The van der Waals surface area contributed by atoms with Crippen LogP contribution in [0.3, 0.4) is 0 Å². The average Bonchev–Trinajstić information content (AvgIpc) is 2.28. The molecule has 0 fully saturated rings. The van der Waals surface area contributed by atoms with Gasteiger partial charge in [-0.2, -0.15) is 0 Å². The van der Waals surface area contributed by atoms with Gasteiger partial charge in [0.1, 0.15) is 5.60 Å². The van der Waals surface area contributed by atoms with E-state index in [4.69, 9.17) is 9.84 Å². The molecule has 2 N–H and O–H groups in total. The first-order valence-electron chi connectivity index (χ1n) is 6.25. The van der Waals surface area contributed by atoms with Crippen molar-refractivity contribution in [2.45, 2.75) is 38.8 Å². The second-order valence-corrected chi connectivity index (χ2v) is 5.44. The van der Waals surface area contributed by atoms with Gasteiger partial charge >= 0.3 is 12.1 Å². The lowest BCUT2D eigenvalue weighted by atomic mass is 10.0. The van der Waals surface area contributed by atoms with Gasteiger partial charge in [-0.1, -0.05) is 12.1 Å². The van der Waals surface area contributed by atoms with Crippen molar-refractivity contribution in [1.29, 1.82) is 0 Å². The molecule has 1 aromatic carbocycles. The highest BCUT2D eigenvalue weighted by Crippen LogP contribution is 2.22. The lowest BCUT2D eigenvalue weighted by Crippen LogP contribution is -2.36. The van der Waals surface area contributed by atoms with E-state index in [-0.39, 0.29) is 5.56 Å². The van der Waals surface area contributed by atoms with Crippen molar-refractivity contribution in [3.63, 3.8) is 0 Å². The standard InChI is InChI=1S/C14H17F2NO4/c1-14(2,3)21-13(20)17-10(7-11(18)19)8-5-4-6-9(15)12(8)16/h4-6,10H,7H2,1-3H3,(H,17,20)(H,18,19). The predicted octanol–water partition coefficient (Wildman–Crippen LogP) is 3.01. The molecule has 116 valence electrons. The molecule has 0 heterocycles. The van der Waals surface area contributed by atoms with Crippen LogP contribution in [0.25, 0.3) is 0 Å². The highest BCUT2D eigenvalue weighted by molar-refractivity contribution is 5.72. The highest BCUT2D eigenvalue weighted by atomic mass is 19.2. The van der Waals surface area contributed by atoms with Gasteiger partial charge in [0.15, 0.2) is 11.6 Å². The van der Waals surface area contributed by atoms with Crippen LogP contribution in [0.15, 0.2) is 18.2 Å². The molecule has 1 unspecified atom stereocenters. The minimum Gasteiger partial charge on any atom is -0.481 e. The molecule has 0 aromatic heterocycles. The van der Waals surface area contributed by atoms with Gasteiger partial charge in [-0.05, 0) is 26.8 Å². The molecule has 1 aromatic rings. The number of benzene rings is 1. The molecule has 0 aliphatic carbocycles. The van der Waals surface area contributed by atoms with Gasteiger partial charge in [0.25, 0.3) is 0 Å². The molecule has 1 atom stereocenters. The topological polar surface area (TPSA) is 75.6 Å². The maximum Gasteiger partial charge on any atom is 0.408 e. The number of carboxylic acid groups (broad SMARTS) is 1. The van der Waals surface area contributed by atoms with Crippen molar-refractivity contribution in [1.82, 2.24) is 5.32 Å². The highest BCUT2D eigenvalue weighted by Gasteiger charge is 2.25. The van der Waals surface area contributed by atoms with E-state index in [1.807, 2.05) is 0 Å². The molecular formula is C14H17F2NO4. The van der Waals surface area contributed by atoms with Crippen LogP contribution in [0, 0.1) is 11.6 Å². The van der Waals surface area contributed by atoms with E-state index >= 15 is 0 Å². The van der Waals surface area contributed by atoms with E-state index in [9.17, 15) is 18.4 Å². The van der Waals surface area contributed by atoms with Gasteiger partial charge < -0.3 is 15.2 Å². The van der Waals surface area contributed by atoms with Crippen molar-refractivity contribution in [2.75, 3.05) is 0 Å². The van der Waals surface area contributed by atoms with Crippen LogP contribution < -0.4 is 5.32 Å². The summed E-state index contributed by atoms with van der Waals surface area (Å²) in [7, 11) is 0. The molecule has 0 saturated heterocycles. The smallest absolute Gasteiger partial charge is 0.408 e. The van der Waals surface area contributed by atoms with E-state index in [2.05, 4.69) is 5.32 Å². The first kappa shape index (κ1) is 16.9. The summed E-state index contributed by atoms with van der Waals surface area (Å²) in [6.45, 7) is 4.88. The SMILES string of the molecule is CC(C)(C)OC(=O)NC(CC(=O)O)c1cccc(F)c1F. The minimum absolute atomic E-state index is 0.247. The number of nitrogens with one attached hydrogen (secondary N) is 1. The Morgan fingerprint density at radius 3 is 2.48 bits per heavy atom. The van der Waals surface area contributed by atoms with Crippen molar-refractivity contribution >= 4 is 12.1 Å². The largest absolute Gasteiger partial charge is 0.481 e. The zero-order valence-electron chi connectivity index (χ0n) is 11.9. The number of ether oxygens (including phenoxy) is 1. The number of carbonyl (C=O) groups excluding carboxylic acids is 1. The molecule has 5 nitrogen and oxygen atoms in total. The number of alkyl carbamates (subject to hydrolysis) is 1. The second kappa shape index (κ2) is 6.51. The molecule has 0 aliphatic heterocycles. The number of carbonyl (C=O) groups is 2. The molecular weight excluding hydrogens is 284 g/mol. The number of carboxylic acids is 1. The molecule has 1 amide bonds. The van der Waals surface area contributed by atoms with E-state index in [0.29, 0.717) is 0 Å². The second-order valence-electron chi connectivity index (χ2n) is 5.44. The van der Waals surface area contributed by atoms with Gasteiger partial charge in [0.2, 0.25) is 0 Å². The van der Waals surface area contributed by atoms with Crippen LogP contribution in [-0.2, 0) is 9.53 Å². The number of hydrogen-bond acceptors (Lipinski definition) is 3. The zero-order chi connectivity index (χ0) is 16.2. The third kappa shape index (κ3) is 5.37. The number of amides is 1. The van der Waals surface area contributed by atoms with Crippen molar-refractivity contribution in [3.8, 4) is 0 Å². The summed E-state index contributed by atoms with van der Waals surface area (Å²) in [5.74, 6) is -3.58. The Labute approximate surface area is 120 Å². The Kier molecular flexibility index (Phi) is 5.23. The predicted molar refractivity (Wildman–Crippen MR) is 70.7 cm³/mol. The number of halogens is 2. The number of rotatable bonds is 4. The van der Waals surface area contributed by atoms with Gasteiger partial charge in [0.05, 0.1) is 12.5 Å². The Hall–Kier alpha value is -2.18. The first-order valence-corrected chi connectivity index (χ1v) is 6.25. The summed E-state index contributed by atoms with van der Waals surface area (Å²) in [4.78, 5) is 22.5. The van der Waals surface area contributed by atoms with Crippen LogP contribution in [0.1, 0.15) is 38.8 Å². The van der Waals surface area contributed by atoms with Crippen molar-refractivity contribution < 1.29 is 28.2 Å². The summed E-state index contributed by atoms with van der Waals surface area (Å²) in [6.07, 6.45) is -1.50. The van der Waals surface area contributed by atoms with Crippen molar-refractivity contribution in [3.05, 3.63) is 35.4 Å². The van der Waals surface area contributed by atoms with Gasteiger partial charge in [0, 0.05) is 5.56 Å². The molecule has 0 aliphatic rings. The van der Waals surface area contributed by atoms with E-state index in [1.165, 1.54) is 12.1 Å². The Balaban J connectivity index is 2.98. The van der Waals surface area contributed by atoms with Crippen LogP contribution in [0.2, 0.25) is 0 Å². The molecule has 0 radical (unpaired) electrons. The minimum atomic E-state index is -1.26. The lowest BCUT2D eigenvalue weighted by molar-refractivity contribution is -0.137. The zero-order valence-corrected chi connectivity index (χ0v) is 11.9. The van der Waals surface area contributed by atoms with Gasteiger partial charge in [-0.15, -0.1) is 0 Å². The Morgan fingerprint density at radius 1 is 1.33 bits per heavy atom. The number of aliphatic carboxylic acids is 1. The molecule has 21 heavy (non-hydrogen) atoms. The van der Waals surface area contributed by atoms with Crippen LogP contribution in [-0.4, -0.2) is 22.8 Å². The van der Waals surface area contributed by atoms with Crippen LogP contribution >= 0.6 is 0 Å². The van der Waals surface area contributed by atoms with Gasteiger partial charge in [-0.25, -0.2) is 13.6 Å². The summed E-state index contributed by atoms with van der Waals surface area (Å²) >= 11 is 0. The van der Waals surface area contributed by atoms with Crippen molar-refractivity contribution in [2.24, 2.45) is 0 Å². The van der Waals surface area contributed by atoms with E-state index in [0.717, 1.165) is 6.07 Å². The quantitative estimate of drug-likeness (QED) is 0.896. The maximum atomic E-state index is 13.7. The fourth-order valence-electron chi connectivity index (χ4n) is 1.65. The molecule has 0 bridgehead atoms. The lowest BCUT2D eigenvalue weighted by Gasteiger charge is -2.23. The summed E-state index contributed by atoms with van der Waals surface area (Å²) in [5, 5.41) is 11.1.